The SMILES string of the molecule is O=C(O)CC1CC(=O)NC(SCc2ccccc2)N1. The van der Waals surface area contributed by atoms with Gasteiger partial charge in [0, 0.05) is 18.2 Å². The van der Waals surface area contributed by atoms with E-state index in [1.54, 1.807) is 11.8 Å². The van der Waals surface area contributed by atoms with Crippen molar-refractivity contribution in [3.63, 3.8) is 0 Å². The van der Waals surface area contributed by atoms with E-state index in [-0.39, 0.29) is 30.3 Å². The fourth-order valence-electron chi connectivity index (χ4n) is 1.93. The van der Waals surface area contributed by atoms with E-state index < -0.39 is 5.97 Å². The van der Waals surface area contributed by atoms with Crippen LogP contribution in [0.25, 0.3) is 0 Å². The molecule has 1 aliphatic rings. The standard InChI is InChI=1S/C13H16N2O3S/c16-11-6-10(7-12(17)18)14-13(15-11)19-8-9-4-2-1-3-5-9/h1-5,10,13-14H,6-8H2,(H,15,16)(H,17,18). The number of hydrogen-bond acceptors (Lipinski definition) is 4. The smallest absolute Gasteiger partial charge is 0.304 e. The quantitative estimate of drug-likeness (QED) is 0.754. The molecule has 0 aliphatic carbocycles. The predicted molar refractivity (Wildman–Crippen MR) is 73.5 cm³/mol. The van der Waals surface area contributed by atoms with Gasteiger partial charge in [-0.1, -0.05) is 30.3 Å². The van der Waals surface area contributed by atoms with E-state index in [0.29, 0.717) is 0 Å². The summed E-state index contributed by atoms with van der Waals surface area (Å²) in [5.74, 6) is -0.229. The summed E-state index contributed by atoms with van der Waals surface area (Å²) in [6.45, 7) is 0. The highest BCUT2D eigenvalue weighted by Gasteiger charge is 2.27. The second-order valence-corrected chi connectivity index (χ2v) is 5.50. The summed E-state index contributed by atoms with van der Waals surface area (Å²) in [4.78, 5) is 22.2. The molecule has 0 bridgehead atoms. The van der Waals surface area contributed by atoms with Gasteiger partial charge < -0.3 is 10.4 Å². The Morgan fingerprint density at radius 3 is 2.79 bits per heavy atom. The maximum atomic E-state index is 11.5. The Labute approximate surface area is 115 Å². The summed E-state index contributed by atoms with van der Waals surface area (Å²) < 4.78 is 0. The molecular weight excluding hydrogens is 264 g/mol. The lowest BCUT2D eigenvalue weighted by Gasteiger charge is -2.30. The Bertz CT molecular complexity index is 450. The number of carboxylic acid groups (broad SMARTS) is 1. The Hall–Kier alpha value is -1.53. The Morgan fingerprint density at radius 2 is 2.11 bits per heavy atom. The van der Waals surface area contributed by atoms with E-state index in [4.69, 9.17) is 5.11 Å². The van der Waals surface area contributed by atoms with Crippen LogP contribution in [0.2, 0.25) is 0 Å². The lowest BCUT2D eigenvalue weighted by molar-refractivity contribution is -0.138. The summed E-state index contributed by atoms with van der Waals surface area (Å²) in [5.41, 5.74) is 0.940. The van der Waals surface area contributed by atoms with Gasteiger partial charge in [-0.3, -0.25) is 14.9 Å². The number of thioether (sulfide) groups is 1. The molecule has 5 nitrogen and oxygen atoms in total. The van der Waals surface area contributed by atoms with Gasteiger partial charge in [-0.25, -0.2) is 0 Å². The van der Waals surface area contributed by atoms with Crippen LogP contribution in [0, 0.1) is 0 Å². The maximum absolute atomic E-state index is 11.5. The number of nitrogens with one attached hydrogen (secondary N) is 2. The Kier molecular flexibility index (Phi) is 4.81. The third-order valence-corrected chi connectivity index (χ3v) is 3.88. The molecule has 0 spiro atoms. The second-order valence-electron chi connectivity index (χ2n) is 4.41. The zero-order chi connectivity index (χ0) is 13.7. The molecule has 1 aromatic carbocycles. The van der Waals surface area contributed by atoms with E-state index in [9.17, 15) is 9.59 Å². The van der Waals surface area contributed by atoms with Crippen molar-refractivity contribution in [3.05, 3.63) is 35.9 Å². The highest BCUT2D eigenvalue weighted by atomic mass is 32.2. The molecule has 0 saturated carbocycles. The average molecular weight is 280 g/mol. The average Bonchev–Trinajstić information content (AvgIpc) is 2.36. The van der Waals surface area contributed by atoms with Crippen LogP contribution in [0.4, 0.5) is 0 Å². The Balaban J connectivity index is 1.85. The third-order valence-electron chi connectivity index (χ3n) is 2.79. The molecule has 0 radical (unpaired) electrons. The van der Waals surface area contributed by atoms with Gasteiger partial charge in [0.25, 0.3) is 0 Å². The van der Waals surface area contributed by atoms with E-state index in [1.165, 1.54) is 5.56 Å². The van der Waals surface area contributed by atoms with Crippen LogP contribution in [0.3, 0.4) is 0 Å². The van der Waals surface area contributed by atoms with E-state index in [2.05, 4.69) is 10.6 Å². The van der Waals surface area contributed by atoms with Gasteiger partial charge in [0.1, 0.15) is 5.50 Å². The molecule has 2 rings (SSSR count). The summed E-state index contributed by atoms with van der Waals surface area (Å²) in [6, 6.07) is 9.64. The molecular formula is C13H16N2O3S. The van der Waals surface area contributed by atoms with E-state index >= 15 is 0 Å². The minimum absolute atomic E-state index is 0.0319. The van der Waals surface area contributed by atoms with Crippen LogP contribution in [0.1, 0.15) is 18.4 Å². The zero-order valence-corrected chi connectivity index (χ0v) is 11.2. The molecule has 1 amide bonds. The first-order chi connectivity index (χ1) is 9.13. The molecule has 1 aliphatic heterocycles. The number of carbonyl (C=O) groups excluding carboxylic acids is 1. The fourth-order valence-corrected chi connectivity index (χ4v) is 2.98. The largest absolute Gasteiger partial charge is 0.481 e. The minimum Gasteiger partial charge on any atom is -0.481 e. The number of carbonyl (C=O) groups is 2. The van der Waals surface area contributed by atoms with Crippen molar-refractivity contribution in [3.8, 4) is 0 Å². The normalized spacial score (nSPS) is 22.8. The van der Waals surface area contributed by atoms with Crippen LogP contribution in [0.15, 0.2) is 30.3 Å². The first kappa shape index (κ1) is 13.9. The molecule has 1 saturated heterocycles. The van der Waals surface area contributed by atoms with Gasteiger partial charge in [-0.05, 0) is 5.56 Å². The highest BCUT2D eigenvalue weighted by Crippen LogP contribution is 2.18. The molecule has 1 fully saturated rings. The summed E-state index contributed by atoms with van der Waals surface area (Å²) in [7, 11) is 0. The second kappa shape index (κ2) is 6.58. The maximum Gasteiger partial charge on any atom is 0.304 e. The molecule has 1 heterocycles. The van der Waals surface area contributed by atoms with Gasteiger partial charge in [-0.2, -0.15) is 0 Å². The Morgan fingerprint density at radius 1 is 1.37 bits per heavy atom. The monoisotopic (exact) mass is 280 g/mol. The van der Waals surface area contributed by atoms with Crippen molar-refractivity contribution in [1.82, 2.24) is 10.6 Å². The van der Waals surface area contributed by atoms with Crippen LogP contribution < -0.4 is 10.6 Å². The molecule has 0 aromatic heterocycles. The predicted octanol–water partition coefficient (Wildman–Crippen LogP) is 1.16. The van der Waals surface area contributed by atoms with Gasteiger partial charge in [-0.15, -0.1) is 11.8 Å². The van der Waals surface area contributed by atoms with Crippen molar-refractivity contribution in [2.75, 3.05) is 0 Å². The third kappa shape index (κ3) is 4.57. The topological polar surface area (TPSA) is 78.4 Å². The number of aliphatic carboxylic acids is 1. The first-order valence-corrected chi connectivity index (χ1v) is 7.11. The van der Waals surface area contributed by atoms with Crippen molar-refractivity contribution >= 4 is 23.6 Å². The minimum atomic E-state index is -0.890. The summed E-state index contributed by atoms with van der Waals surface area (Å²) in [5, 5.41) is 14.7. The highest BCUT2D eigenvalue weighted by molar-refractivity contribution is 7.99. The zero-order valence-electron chi connectivity index (χ0n) is 10.3. The summed E-state index contributed by atoms with van der Waals surface area (Å²) in [6.07, 6.45) is 0.185. The number of hydrogen-bond donors (Lipinski definition) is 3. The molecule has 3 N–H and O–H groups in total. The van der Waals surface area contributed by atoms with E-state index in [0.717, 1.165) is 5.75 Å². The van der Waals surface area contributed by atoms with Gasteiger partial charge in [0.05, 0.1) is 6.42 Å². The lowest BCUT2D eigenvalue weighted by atomic mass is 10.1. The van der Waals surface area contributed by atoms with Gasteiger partial charge in [0.2, 0.25) is 5.91 Å². The molecule has 2 atom stereocenters. The number of benzene rings is 1. The van der Waals surface area contributed by atoms with Gasteiger partial charge >= 0.3 is 5.97 Å². The van der Waals surface area contributed by atoms with Crippen molar-refractivity contribution in [2.45, 2.75) is 30.1 Å². The lowest BCUT2D eigenvalue weighted by Crippen LogP contribution is -2.55. The fraction of sp³-hybridized carbons (Fsp3) is 0.385. The number of carboxylic acids is 1. The molecule has 2 unspecified atom stereocenters. The number of amides is 1. The number of rotatable bonds is 5. The van der Waals surface area contributed by atoms with Crippen LogP contribution in [-0.4, -0.2) is 28.5 Å². The van der Waals surface area contributed by atoms with Gasteiger partial charge in [0.15, 0.2) is 0 Å². The molecule has 102 valence electrons. The van der Waals surface area contributed by atoms with Crippen molar-refractivity contribution in [1.29, 1.82) is 0 Å². The molecule has 19 heavy (non-hydrogen) atoms. The van der Waals surface area contributed by atoms with Crippen molar-refractivity contribution in [2.24, 2.45) is 0 Å². The van der Waals surface area contributed by atoms with Crippen molar-refractivity contribution < 1.29 is 14.7 Å². The van der Waals surface area contributed by atoms with Crippen LogP contribution in [-0.2, 0) is 15.3 Å². The summed E-state index contributed by atoms with van der Waals surface area (Å²) >= 11 is 1.55. The molecule has 1 aromatic rings. The van der Waals surface area contributed by atoms with Crippen LogP contribution >= 0.6 is 11.8 Å². The molecule has 6 heteroatoms. The van der Waals surface area contributed by atoms with E-state index in [1.807, 2.05) is 30.3 Å². The van der Waals surface area contributed by atoms with Crippen LogP contribution in [0.5, 0.6) is 0 Å². The first-order valence-electron chi connectivity index (χ1n) is 6.06.